The van der Waals surface area contributed by atoms with Crippen LogP contribution in [0.25, 0.3) is 10.4 Å². The first-order valence-electron chi connectivity index (χ1n) is 6.46. The third-order valence-corrected chi connectivity index (χ3v) is 2.97. The summed E-state index contributed by atoms with van der Waals surface area (Å²) in [4.78, 5) is 2.61. The van der Waals surface area contributed by atoms with E-state index >= 15 is 0 Å². The Kier molecular flexibility index (Phi) is 5.04. The molecule has 0 saturated carbocycles. The Labute approximate surface area is 122 Å². The fourth-order valence-corrected chi connectivity index (χ4v) is 1.86. The highest BCUT2D eigenvalue weighted by atomic mass is 16.5. The Balaban J connectivity index is 2.03. The Morgan fingerprint density at radius 2 is 2.00 bits per heavy atom. The second-order valence-corrected chi connectivity index (χ2v) is 4.50. The zero-order valence-corrected chi connectivity index (χ0v) is 11.4. The first kappa shape index (κ1) is 14.7. The Hall–Kier alpha value is -2.69. The van der Waals surface area contributed by atoms with Crippen molar-refractivity contribution >= 4 is 5.69 Å². The van der Waals surface area contributed by atoms with Crippen molar-refractivity contribution in [2.24, 2.45) is 5.11 Å². The largest absolute Gasteiger partial charge is 0.487 e. The van der Waals surface area contributed by atoms with Gasteiger partial charge in [0.25, 0.3) is 0 Å². The maximum absolute atomic E-state index is 9.81. The van der Waals surface area contributed by atoms with Crippen LogP contribution in [0.2, 0.25) is 0 Å². The zero-order chi connectivity index (χ0) is 15.1. The van der Waals surface area contributed by atoms with Crippen LogP contribution < -0.4 is 10.5 Å². The molecule has 0 radical (unpaired) electrons. The summed E-state index contributed by atoms with van der Waals surface area (Å²) >= 11 is 0. The fourth-order valence-electron chi connectivity index (χ4n) is 1.86. The van der Waals surface area contributed by atoms with Gasteiger partial charge in [0.1, 0.15) is 12.4 Å². The summed E-state index contributed by atoms with van der Waals surface area (Å²) < 4.78 is 5.65. The summed E-state index contributed by atoms with van der Waals surface area (Å²) in [6, 6.07) is 14.8. The fraction of sp³-hybridized carbons (Fsp3) is 0.200. The van der Waals surface area contributed by atoms with Gasteiger partial charge in [-0.05, 0) is 28.8 Å². The number of benzene rings is 2. The summed E-state index contributed by atoms with van der Waals surface area (Å²) in [6.45, 7) is 0.395. The van der Waals surface area contributed by atoms with Crippen LogP contribution in [0, 0.1) is 0 Å². The molecule has 2 aromatic carbocycles. The molecule has 3 N–H and O–H groups in total. The highest BCUT2D eigenvalue weighted by Gasteiger charge is 2.09. The molecule has 0 unspecified atom stereocenters. The van der Waals surface area contributed by atoms with Crippen molar-refractivity contribution in [2.45, 2.75) is 12.7 Å². The van der Waals surface area contributed by atoms with Gasteiger partial charge in [-0.2, -0.15) is 0 Å². The van der Waals surface area contributed by atoms with Gasteiger partial charge in [0.2, 0.25) is 0 Å². The van der Waals surface area contributed by atoms with Gasteiger partial charge in [-0.25, -0.2) is 0 Å². The van der Waals surface area contributed by atoms with Gasteiger partial charge in [0, 0.05) is 4.91 Å². The maximum Gasteiger partial charge on any atom is 0.142 e. The molecule has 21 heavy (non-hydrogen) atoms. The molecule has 6 heteroatoms. The van der Waals surface area contributed by atoms with Crippen LogP contribution in [0.5, 0.6) is 5.75 Å². The molecule has 0 aliphatic heterocycles. The van der Waals surface area contributed by atoms with E-state index in [1.54, 1.807) is 18.2 Å². The molecule has 0 saturated heterocycles. The molecule has 0 aliphatic rings. The molecule has 0 aliphatic carbocycles. The number of nitrogens with two attached hydrogens (primary N) is 1. The molecule has 0 fully saturated rings. The lowest BCUT2D eigenvalue weighted by Gasteiger charge is -2.13. The smallest absolute Gasteiger partial charge is 0.142 e. The van der Waals surface area contributed by atoms with E-state index < -0.39 is 6.10 Å². The molecule has 0 bridgehead atoms. The number of aliphatic hydroxyl groups excluding tert-OH is 1. The highest BCUT2D eigenvalue weighted by molar-refractivity contribution is 5.54. The number of nitrogens with zero attached hydrogens (tertiary/aromatic N) is 3. The van der Waals surface area contributed by atoms with E-state index in [0.29, 0.717) is 23.6 Å². The standard InChI is InChI=1S/C15H16N4O2/c16-13-8-12(14(20)9-18-19-17)6-7-15(13)21-10-11-4-2-1-3-5-11/h1-8,14,20H,9-10,16H2/t14-/m0/s1. The minimum absolute atomic E-state index is 0.0276. The van der Waals surface area contributed by atoms with Gasteiger partial charge in [-0.15, -0.1) is 0 Å². The summed E-state index contributed by atoms with van der Waals surface area (Å²) in [5.41, 5.74) is 16.2. The molecule has 2 aromatic rings. The number of hydrogen-bond acceptors (Lipinski definition) is 4. The van der Waals surface area contributed by atoms with Crippen molar-refractivity contribution in [2.75, 3.05) is 12.3 Å². The van der Waals surface area contributed by atoms with Crippen LogP contribution in [0.3, 0.4) is 0 Å². The van der Waals surface area contributed by atoms with Crippen LogP contribution in [0.4, 0.5) is 5.69 Å². The van der Waals surface area contributed by atoms with E-state index in [9.17, 15) is 5.11 Å². The van der Waals surface area contributed by atoms with Crippen LogP contribution in [0.15, 0.2) is 53.6 Å². The molecule has 6 nitrogen and oxygen atoms in total. The lowest BCUT2D eigenvalue weighted by atomic mass is 10.1. The lowest BCUT2D eigenvalue weighted by molar-refractivity contribution is 0.186. The average molecular weight is 284 g/mol. The number of hydrogen-bond donors (Lipinski definition) is 2. The van der Waals surface area contributed by atoms with E-state index in [-0.39, 0.29) is 6.54 Å². The molecule has 0 amide bonds. The number of rotatable bonds is 6. The minimum Gasteiger partial charge on any atom is -0.487 e. The van der Waals surface area contributed by atoms with E-state index in [1.165, 1.54) is 0 Å². The van der Waals surface area contributed by atoms with Gasteiger partial charge < -0.3 is 15.6 Å². The van der Waals surface area contributed by atoms with Gasteiger partial charge in [-0.1, -0.05) is 41.5 Å². The number of nitrogen functional groups attached to an aromatic ring is 1. The van der Waals surface area contributed by atoms with Gasteiger partial charge in [0.15, 0.2) is 0 Å². The number of ether oxygens (including phenoxy) is 1. The third kappa shape index (κ3) is 4.14. The van der Waals surface area contributed by atoms with Gasteiger partial charge >= 0.3 is 0 Å². The van der Waals surface area contributed by atoms with Crippen molar-refractivity contribution in [1.82, 2.24) is 0 Å². The predicted molar refractivity (Wildman–Crippen MR) is 80.6 cm³/mol. The number of anilines is 1. The molecule has 0 aromatic heterocycles. The maximum atomic E-state index is 9.81. The van der Waals surface area contributed by atoms with Crippen LogP contribution >= 0.6 is 0 Å². The van der Waals surface area contributed by atoms with Gasteiger partial charge in [0.05, 0.1) is 18.3 Å². The zero-order valence-electron chi connectivity index (χ0n) is 11.4. The quantitative estimate of drug-likeness (QED) is 0.368. The summed E-state index contributed by atoms with van der Waals surface area (Å²) in [7, 11) is 0. The second kappa shape index (κ2) is 7.19. The van der Waals surface area contributed by atoms with Crippen LogP contribution in [-0.2, 0) is 6.61 Å². The molecule has 0 heterocycles. The van der Waals surface area contributed by atoms with Gasteiger partial charge in [-0.3, -0.25) is 0 Å². The van der Waals surface area contributed by atoms with E-state index in [4.69, 9.17) is 16.0 Å². The highest BCUT2D eigenvalue weighted by Crippen LogP contribution is 2.26. The van der Waals surface area contributed by atoms with Crippen molar-refractivity contribution in [3.63, 3.8) is 0 Å². The molecule has 108 valence electrons. The average Bonchev–Trinajstić information content (AvgIpc) is 2.52. The lowest BCUT2D eigenvalue weighted by Crippen LogP contribution is -2.04. The summed E-state index contributed by atoms with van der Waals surface area (Å²) in [6.07, 6.45) is -0.869. The van der Waals surface area contributed by atoms with E-state index in [0.717, 1.165) is 5.56 Å². The number of azide groups is 1. The molecule has 1 atom stereocenters. The summed E-state index contributed by atoms with van der Waals surface area (Å²) in [5.74, 6) is 0.554. The van der Waals surface area contributed by atoms with Crippen LogP contribution in [0.1, 0.15) is 17.2 Å². The molecule has 2 rings (SSSR count). The first-order valence-corrected chi connectivity index (χ1v) is 6.46. The second-order valence-electron chi connectivity index (χ2n) is 4.50. The third-order valence-electron chi connectivity index (χ3n) is 2.97. The van der Waals surface area contributed by atoms with Crippen molar-refractivity contribution < 1.29 is 9.84 Å². The SMILES string of the molecule is [N-]=[N+]=NC[C@H](O)c1ccc(OCc2ccccc2)c(N)c1. The van der Waals surface area contributed by atoms with Crippen LogP contribution in [-0.4, -0.2) is 11.7 Å². The Morgan fingerprint density at radius 3 is 2.67 bits per heavy atom. The number of aliphatic hydroxyl groups is 1. The van der Waals surface area contributed by atoms with E-state index in [1.807, 2.05) is 30.3 Å². The normalized spacial score (nSPS) is 11.5. The van der Waals surface area contributed by atoms with E-state index in [2.05, 4.69) is 10.0 Å². The first-order chi connectivity index (χ1) is 10.2. The molecular weight excluding hydrogens is 268 g/mol. The topological polar surface area (TPSA) is 104 Å². The minimum atomic E-state index is -0.869. The van der Waals surface area contributed by atoms with Crippen molar-refractivity contribution in [1.29, 1.82) is 0 Å². The monoisotopic (exact) mass is 284 g/mol. The predicted octanol–water partition coefficient (Wildman–Crippen LogP) is 3.19. The van der Waals surface area contributed by atoms with Crippen molar-refractivity contribution in [3.8, 4) is 5.75 Å². The Bertz CT molecular complexity index is 639. The molecular formula is C15H16N4O2. The van der Waals surface area contributed by atoms with Crippen molar-refractivity contribution in [3.05, 3.63) is 70.1 Å². The Morgan fingerprint density at radius 1 is 1.24 bits per heavy atom. The molecule has 0 spiro atoms. The summed E-state index contributed by atoms with van der Waals surface area (Å²) in [5, 5.41) is 13.1.